The highest BCUT2D eigenvalue weighted by molar-refractivity contribution is 5.87. The molecule has 10 nitrogen and oxygen atoms in total. The first-order valence-corrected chi connectivity index (χ1v) is 13.4. The lowest BCUT2D eigenvalue weighted by atomic mass is 10.0. The molecular weight excluding hydrogens is 546 g/mol. The van der Waals surface area contributed by atoms with E-state index < -0.39 is 35.9 Å². The van der Waals surface area contributed by atoms with Crippen molar-refractivity contribution in [2.75, 3.05) is 5.73 Å². The largest absolute Gasteiger partial charge is 0.436 e. The normalized spacial score (nSPS) is 11.1. The molecule has 0 aliphatic carbocycles. The van der Waals surface area contributed by atoms with E-state index in [9.17, 15) is 14.4 Å². The summed E-state index contributed by atoms with van der Waals surface area (Å²) < 4.78 is 13.2. The number of nitrogens with two attached hydrogens (primary N) is 1. The van der Waals surface area contributed by atoms with Crippen molar-refractivity contribution in [2.24, 2.45) is 0 Å². The summed E-state index contributed by atoms with van der Waals surface area (Å²) in [6.45, 7) is 0. The van der Waals surface area contributed by atoms with E-state index in [-0.39, 0.29) is 11.2 Å². The number of carbonyl (C=O) groups excluding carboxylic acids is 2. The molecule has 6 rings (SSSR count). The van der Waals surface area contributed by atoms with Crippen LogP contribution in [-0.2, 0) is 9.47 Å². The van der Waals surface area contributed by atoms with Gasteiger partial charge >= 0.3 is 12.2 Å². The van der Waals surface area contributed by atoms with Crippen LogP contribution >= 0.6 is 0 Å². The number of benzene rings is 4. The van der Waals surface area contributed by atoms with Crippen LogP contribution in [0.25, 0.3) is 11.2 Å². The maximum Gasteiger partial charge on any atom is 0.424 e. The third kappa shape index (κ3) is 5.49. The quantitative estimate of drug-likeness (QED) is 0.268. The maximum absolute atomic E-state index is 13.7. The molecule has 2 aromatic heterocycles. The number of fused-ring (bicyclic) bond motifs is 1. The van der Waals surface area contributed by atoms with Crippen LogP contribution in [-0.4, -0.2) is 31.3 Å². The molecule has 0 fully saturated rings. The van der Waals surface area contributed by atoms with E-state index in [2.05, 4.69) is 9.97 Å². The zero-order chi connectivity index (χ0) is 29.8. The SMILES string of the molecule is Nc1nc2ncn(C(=O)OC(c3ccccc3)c3ccccc3)c2c(=O)n1C(=O)OC(c1ccccc1)c1ccccc1. The summed E-state index contributed by atoms with van der Waals surface area (Å²) in [5, 5.41) is 0. The molecule has 0 saturated carbocycles. The first kappa shape index (κ1) is 27.2. The van der Waals surface area contributed by atoms with Crippen LogP contribution in [0.2, 0.25) is 0 Å². The van der Waals surface area contributed by atoms with Crippen molar-refractivity contribution in [3.8, 4) is 0 Å². The van der Waals surface area contributed by atoms with Crippen molar-refractivity contribution in [1.82, 2.24) is 19.1 Å². The van der Waals surface area contributed by atoms with E-state index >= 15 is 0 Å². The van der Waals surface area contributed by atoms with Gasteiger partial charge in [0.15, 0.2) is 23.4 Å². The van der Waals surface area contributed by atoms with E-state index in [1.54, 1.807) is 24.3 Å². The molecule has 10 heteroatoms. The number of imidazole rings is 1. The summed E-state index contributed by atoms with van der Waals surface area (Å²) >= 11 is 0. The fourth-order valence-corrected chi connectivity index (χ4v) is 4.78. The Kier molecular flexibility index (Phi) is 7.47. The Morgan fingerprint density at radius 3 is 1.44 bits per heavy atom. The average molecular weight is 572 g/mol. The topological polar surface area (TPSA) is 131 Å². The lowest BCUT2D eigenvalue weighted by molar-refractivity contribution is 0.116. The van der Waals surface area contributed by atoms with Gasteiger partial charge < -0.3 is 15.2 Å². The molecular formula is C33H25N5O5. The number of nitrogens with zero attached hydrogens (tertiary/aromatic N) is 4. The highest BCUT2D eigenvalue weighted by atomic mass is 16.6. The lowest BCUT2D eigenvalue weighted by Gasteiger charge is -2.20. The minimum Gasteiger partial charge on any atom is -0.436 e. The zero-order valence-corrected chi connectivity index (χ0v) is 22.7. The Morgan fingerprint density at radius 1 is 0.628 bits per heavy atom. The molecule has 0 saturated heterocycles. The zero-order valence-electron chi connectivity index (χ0n) is 22.7. The van der Waals surface area contributed by atoms with Crippen molar-refractivity contribution >= 4 is 29.3 Å². The molecule has 6 aromatic rings. The standard InChI is InChI=1S/C33H25N5O5/c34-31-36-29-26(30(39)38(31)33(41)43-28(24-17-9-3-10-18-24)25-19-11-4-12-20-25)37(21-35-29)32(40)42-27(22-13-5-1-6-14-22)23-15-7-2-8-16-23/h1-21,27-28H,(H2,34,36). The first-order valence-electron chi connectivity index (χ1n) is 13.4. The van der Waals surface area contributed by atoms with E-state index in [4.69, 9.17) is 15.2 Å². The Balaban J connectivity index is 1.36. The van der Waals surface area contributed by atoms with Gasteiger partial charge in [-0.1, -0.05) is 121 Å². The number of anilines is 1. The monoisotopic (exact) mass is 571 g/mol. The van der Waals surface area contributed by atoms with Crippen LogP contribution in [0, 0.1) is 0 Å². The molecule has 212 valence electrons. The number of rotatable bonds is 6. The summed E-state index contributed by atoms with van der Waals surface area (Å²) in [7, 11) is 0. The molecule has 0 amide bonds. The summed E-state index contributed by atoms with van der Waals surface area (Å²) in [6.07, 6.45) is -2.47. The van der Waals surface area contributed by atoms with Crippen LogP contribution in [0.15, 0.2) is 132 Å². The second-order valence-corrected chi connectivity index (χ2v) is 9.57. The number of carbonyl (C=O) groups is 2. The second-order valence-electron chi connectivity index (χ2n) is 9.57. The molecule has 4 aromatic carbocycles. The molecule has 2 heterocycles. The summed E-state index contributed by atoms with van der Waals surface area (Å²) in [4.78, 5) is 48.9. The Morgan fingerprint density at radius 2 is 1.02 bits per heavy atom. The van der Waals surface area contributed by atoms with Crippen molar-refractivity contribution in [1.29, 1.82) is 0 Å². The van der Waals surface area contributed by atoms with Crippen LogP contribution in [0.5, 0.6) is 0 Å². The molecule has 0 radical (unpaired) electrons. The summed E-state index contributed by atoms with van der Waals surface area (Å²) in [5.41, 5.74) is 7.52. The van der Waals surface area contributed by atoms with Gasteiger partial charge in [-0.05, 0) is 22.3 Å². The predicted octanol–water partition coefficient (Wildman–Crippen LogP) is 5.72. The second kappa shape index (κ2) is 11.8. The number of hydrogen-bond donors (Lipinski definition) is 1. The molecule has 43 heavy (non-hydrogen) atoms. The third-order valence-electron chi connectivity index (χ3n) is 6.83. The Hall–Kier alpha value is -6.03. The minimum absolute atomic E-state index is 0.123. The highest BCUT2D eigenvalue weighted by Gasteiger charge is 2.27. The summed E-state index contributed by atoms with van der Waals surface area (Å²) in [5.74, 6) is -0.438. The Labute approximate surface area is 245 Å². The summed E-state index contributed by atoms with van der Waals surface area (Å²) in [6, 6.07) is 36.5. The Bertz CT molecular complexity index is 1860. The molecule has 2 N–H and O–H groups in total. The maximum atomic E-state index is 13.7. The fraction of sp³-hybridized carbons (Fsp3) is 0.0606. The number of ether oxygens (including phenoxy) is 2. The fourth-order valence-electron chi connectivity index (χ4n) is 4.78. The van der Waals surface area contributed by atoms with E-state index in [1.165, 1.54) is 0 Å². The van der Waals surface area contributed by atoms with Crippen molar-refractivity contribution < 1.29 is 19.1 Å². The van der Waals surface area contributed by atoms with Gasteiger partial charge in [0, 0.05) is 0 Å². The highest BCUT2D eigenvalue weighted by Crippen LogP contribution is 2.28. The minimum atomic E-state index is -1.07. The van der Waals surface area contributed by atoms with Gasteiger partial charge in [-0.3, -0.25) is 4.79 Å². The average Bonchev–Trinajstić information content (AvgIpc) is 3.48. The molecule has 0 aliphatic heterocycles. The van der Waals surface area contributed by atoms with E-state index in [0.717, 1.165) is 22.0 Å². The van der Waals surface area contributed by atoms with Crippen LogP contribution < -0.4 is 11.3 Å². The van der Waals surface area contributed by atoms with Crippen molar-refractivity contribution in [3.63, 3.8) is 0 Å². The van der Waals surface area contributed by atoms with Gasteiger partial charge in [-0.25, -0.2) is 19.1 Å². The van der Waals surface area contributed by atoms with Gasteiger partial charge in [0.1, 0.15) is 6.33 Å². The first-order chi connectivity index (χ1) is 21.0. The third-order valence-corrected chi connectivity index (χ3v) is 6.83. The van der Waals surface area contributed by atoms with Crippen LogP contribution in [0.3, 0.4) is 0 Å². The van der Waals surface area contributed by atoms with Gasteiger partial charge in [-0.2, -0.15) is 9.55 Å². The predicted molar refractivity (Wildman–Crippen MR) is 159 cm³/mol. The van der Waals surface area contributed by atoms with Crippen molar-refractivity contribution in [2.45, 2.75) is 12.2 Å². The molecule has 0 unspecified atom stereocenters. The number of hydrogen-bond acceptors (Lipinski definition) is 8. The van der Waals surface area contributed by atoms with Gasteiger partial charge in [-0.15, -0.1) is 0 Å². The van der Waals surface area contributed by atoms with Gasteiger partial charge in [0.2, 0.25) is 5.95 Å². The lowest BCUT2D eigenvalue weighted by Crippen LogP contribution is -2.33. The van der Waals surface area contributed by atoms with Crippen molar-refractivity contribution in [3.05, 3.63) is 160 Å². The molecule has 0 atom stereocenters. The van der Waals surface area contributed by atoms with Gasteiger partial charge in [0.25, 0.3) is 5.56 Å². The van der Waals surface area contributed by atoms with E-state index in [1.807, 2.05) is 97.1 Å². The van der Waals surface area contributed by atoms with Crippen LogP contribution in [0.4, 0.5) is 15.5 Å². The molecule has 0 aliphatic rings. The van der Waals surface area contributed by atoms with Gasteiger partial charge in [0.05, 0.1) is 0 Å². The molecule has 0 bridgehead atoms. The van der Waals surface area contributed by atoms with E-state index in [0.29, 0.717) is 15.7 Å². The van der Waals surface area contributed by atoms with Crippen LogP contribution in [0.1, 0.15) is 34.5 Å². The number of nitrogen functional groups attached to an aromatic ring is 1. The smallest absolute Gasteiger partial charge is 0.424 e. The molecule has 0 spiro atoms. The number of aromatic nitrogens is 4.